The van der Waals surface area contributed by atoms with E-state index >= 15 is 0 Å². The zero-order valence-electron chi connectivity index (χ0n) is 14.6. The fraction of sp³-hybridized carbons (Fsp3) is 0.556. The van der Waals surface area contributed by atoms with Gasteiger partial charge in [0.1, 0.15) is 0 Å². The lowest BCUT2D eigenvalue weighted by Crippen LogP contribution is -2.39. The van der Waals surface area contributed by atoms with E-state index in [0.29, 0.717) is 23.7 Å². The van der Waals surface area contributed by atoms with Crippen molar-refractivity contribution in [2.45, 2.75) is 49.3 Å². The van der Waals surface area contributed by atoms with E-state index in [0.717, 1.165) is 6.54 Å². The van der Waals surface area contributed by atoms with E-state index < -0.39 is 16.3 Å². The summed E-state index contributed by atoms with van der Waals surface area (Å²) in [5, 5.41) is 15.9. The molecule has 1 fully saturated rings. The van der Waals surface area contributed by atoms with Gasteiger partial charge in [-0.15, -0.1) is 0 Å². The van der Waals surface area contributed by atoms with Gasteiger partial charge in [-0.3, -0.25) is 0 Å². The Labute approximate surface area is 150 Å². The highest BCUT2D eigenvalue weighted by Crippen LogP contribution is 2.32. The molecule has 25 heavy (non-hydrogen) atoms. The predicted molar refractivity (Wildman–Crippen MR) is 98.0 cm³/mol. The van der Waals surface area contributed by atoms with Crippen LogP contribution in [0.4, 0.5) is 0 Å². The Morgan fingerprint density at radius 2 is 2.00 bits per heavy atom. The van der Waals surface area contributed by atoms with Gasteiger partial charge in [0, 0.05) is 36.5 Å². The maximum Gasteiger partial charge on any atom is 0.238 e. The first-order valence-corrected chi connectivity index (χ1v) is 10.4. The van der Waals surface area contributed by atoms with E-state index in [1.54, 1.807) is 24.4 Å². The minimum atomic E-state index is -3.81. The van der Waals surface area contributed by atoms with Gasteiger partial charge >= 0.3 is 0 Å². The Kier molecular flexibility index (Phi) is 5.48. The van der Waals surface area contributed by atoms with Crippen LogP contribution in [0, 0.1) is 0 Å². The third-order valence-corrected chi connectivity index (χ3v) is 6.31. The predicted octanol–water partition coefficient (Wildman–Crippen LogP) is 1.88. The topological polar surface area (TPSA) is 86.9 Å². The summed E-state index contributed by atoms with van der Waals surface area (Å²) in [5.74, 6) is 0. The van der Waals surface area contributed by atoms with Gasteiger partial charge in [-0.1, -0.05) is 31.4 Å². The van der Waals surface area contributed by atoms with Crippen molar-refractivity contribution < 1.29 is 13.5 Å². The number of aliphatic hydroxyl groups excluding tert-OH is 1. The molecule has 138 valence electrons. The molecule has 1 aromatic rings. The average Bonchev–Trinajstić information content (AvgIpc) is 2.60. The summed E-state index contributed by atoms with van der Waals surface area (Å²) in [5.41, 5.74) is 1.06. The molecule has 1 atom stereocenters. The summed E-state index contributed by atoms with van der Waals surface area (Å²) in [6.45, 7) is 1.54. The molecule has 0 bridgehead atoms. The van der Waals surface area contributed by atoms with Crippen molar-refractivity contribution in [3.63, 3.8) is 0 Å². The van der Waals surface area contributed by atoms with Gasteiger partial charge in [-0.2, -0.15) is 0 Å². The van der Waals surface area contributed by atoms with E-state index in [-0.39, 0.29) is 4.90 Å². The number of hydrogen-bond acceptors (Lipinski definition) is 5. The Balaban J connectivity index is 1.70. The van der Waals surface area contributed by atoms with Gasteiger partial charge < -0.3 is 14.9 Å². The van der Waals surface area contributed by atoms with E-state index in [1.807, 2.05) is 4.90 Å². The molecule has 0 spiro atoms. The number of primary sulfonamides is 1. The van der Waals surface area contributed by atoms with Crippen LogP contribution in [0.3, 0.4) is 0 Å². The van der Waals surface area contributed by atoms with Crippen LogP contribution in [0.15, 0.2) is 29.3 Å². The molecule has 6 nitrogen and oxygen atoms in total. The monoisotopic (exact) mass is 365 g/mol. The summed E-state index contributed by atoms with van der Waals surface area (Å²) in [4.78, 5) is 4.27. The summed E-state index contributed by atoms with van der Waals surface area (Å²) in [6.07, 6.45) is 9.04. The summed E-state index contributed by atoms with van der Waals surface area (Å²) in [6, 6.07) is 5.46. The van der Waals surface area contributed by atoms with Crippen LogP contribution in [-0.2, 0) is 10.0 Å². The third-order valence-electron chi connectivity index (χ3n) is 5.34. The van der Waals surface area contributed by atoms with Crippen molar-refractivity contribution in [2.75, 3.05) is 20.1 Å². The first kappa shape index (κ1) is 18.4. The minimum Gasteiger partial charge on any atom is -0.369 e. The van der Waals surface area contributed by atoms with E-state index in [2.05, 4.69) is 11.9 Å². The van der Waals surface area contributed by atoms with Gasteiger partial charge in [0.25, 0.3) is 0 Å². The second-order valence-electron chi connectivity index (χ2n) is 7.00. The largest absolute Gasteiger partial charge is 0.369 e. The Morgan fingerprint density at radius 1 is 1.28 bits per heavy atom. The molecular weight excluding hydrogens is 338 g/mol. The molecule has 1 aromatic carbocycles. The van der Waals surface area contributed by atoms with Crippen LogP contribution in [0.25, 0.3) is 6.08 Å². The van der Waals surface area contributed by atoms with E-state index in [4.69, 9.17) is 5.14 Å². The maximum absolute atomic E-state index is 11.7. The first-order valence-electron chi connectivity index (χ1n) is 8.86. The van der Waals surface area contributed by atoms with Crippen molar-refractivity contribution >= 4 is 16.1 Å². The molecular formula is C18H27N3O3S. The molecule has 1 unspecified atom stereocenters. The molecule has 0 amide bonds. The Morgan fingerprint density at radius 3 is 2.68 bits per heavy atom. The summed E-state index contributed by atoms with van der Waals surface area (Å²) in [7, 11) is -1.67. The summed E-state index contributed by atoms with van der Waals surface area (Å²) < 4.78 is 23.5. The van der Waals surface area contributed by atoms with Gasteiger partial charge in [-0.25, -0.2) is 13.6 Å². The zero-order valence-corrected chi connectivity index (χ0v) is 15.5. The fourth-order valence-electron chi connectivity index (χ4n) is 3.82. The lowest BCUT2D eigenvalue weighted by atomic mass is 9.94. The second-order valence-corrected chi connectivity index (χ2v) is 8.53. The maximum atomic E-state index is 11.7. The first-order chi connectivity index (χ1) is 11.9. The van der Waals surface area contributed by atoms with Gasteiger partial charge in [0.2, 0.25) is 10.0 Å². The molecule has 3 N–H and O–H groups in total. The molecule has 0 saturated heterocycles. The molecule has 1 heterocycles. The van der Waals surface area contributed by atoms with Crippen molar-refractivity contribution in [3.05, 3.63) is 35.5 Å². The fourth-order valence-corrected chi connectivity index (χ4v) is 4.58. The molecule has 1 aliphatic heterocycles. The van der Waals surface area contributed by atoms with Gasteiger partial charge in [0.15, 0.2) is 6.23 Å². The average molecular weight is 365 g/mol. The third kappa shape index (κ3) is 4.06. The number of sulfonamides is 1. The van der Waals surface area contributed by atoms with E-state index in [1.165, 1.54) is 38.2 Å². The lowest BCUT2D eigenvalue weighted by Gasteiger charge is -2.36. The lowest BCUT2D eigenvalue weighted by molar-refractivity contribution is 0.0263. The van der Waals surface area contributed by atoms with Crippen LogP contribution >= 0.6 is 0 Å². The number of hydrogen-bond donors (Lipinski definition) is 2. The number of aliphatic hydroxyl groups is 1. The van der Waals surface area contributed by atoms with Gasteiger partial charge in [0.05, 0.1) is 4.90 Å². The van der Waals surface area contributed by atoms with E-state index in [9.17, 15) is 13.5 Å². The van der Waals surface area contributed by atoms with Crippen molar-refractivity contribution in [3.8, 4) is 0 Å². The highest BCUT2D eigenvalue weighted by molar-refractivity contribution is 7.89. The smallest absolute Gasteiger partial charge is 0.238 e. The molecule has 0 radical (unpaired) electrons. The Hall–Kier alpha value is -1.41. The number of fused-ring (bicyclic) bond motifs is 1. The molecule has 3 rings (SSSR count). The highest BCUT2D eigenvalue weighted by Gasteiger charge is 2.26. The van der Waals surface area contributed by atoms with Crippen LogP contribution in [-0.4, -0.2) is 49.5 Å². The molecule has 7 heteroatoms. The number of likely N-dealkylation sites (N-methyl/N-ethyl adjacent to an activating group) is 1. The molecule has 0 aromatic heterocycles. The van der Waals surface area contributed by atoms with Crippen LogP contribution in [0.5, 0.6) is 0 Å². The molecule has 1 saturated carbocycles. The zero-order chi connectivity index (χ0) is 18.0. The normalized spacial score (nSPS) is 21.6. The second kappa shape index (κ2) is 7.45. The van der Waals surface area contributed by atoms with Crippen molar-refractivity contribution in [2.24, 2.45) is 5.14 Å². The number of nitrogens with two attached hydrogens (primary N) is 1. The Bertz CT molecular complexity index is 742. The number of rotatable bonds is 5. The molecule has 2 aliphatic rings. The highest BCUT2D eigenvalue weighted by atomic mass is 32.2. The quantitative estimate of drug-likeness (QED) is 0.832. The standard InChI is InChI=1S/C18H27N3O3S/c1-20(14-6-3-2-4-7-14)12-13-21-11-10-15-16(18(21)22)8-5-9-17(15)25(19,23)24/h5,8-11,14,18,22H,2-4,6-7,12-13H2,1H3,(H2,19,23,24). The summed E-state index contributed by atoms with van der Waals surface area (Å²) >= 11 is 0. The number of benzene rings is 1. The minimum absolute atomic E-state index is 0.0549. The van der Waals surface area contributed by atoms with Crippen molar-refractivity contribution in [1.29, 1.82) is 0 Å². The SMILES string of the molecule is CN(CCN1C=Cc2c(cccc2S(N)(=O)=O)C1O)C1CCCCC1. The van der Waals surface area contributed by atoms with Gasteiger partial charge in [-0.05, 0) is 32.0 Å². The van der Waals surface area contributed by atoms with Crippen LogP contribution < -0.4 is 5.14 Å². The van der Waals surface area contributed by atoms with Crippen molar-refractivity contribution in [1.82, 2.24) is 9.80 Å². The van der Waals surface area contributed by atoms with Crippen LogP contribution in [0.1, 0.15) is 49.5 Å². The van der Waals surface area contributed by atoms with Crippen LogP contribution in [0.2, 0.25) is 0 Å². The number of nitrogens with zero attached hydrogens (tertiary/aromatic N) is 2. The molecule has 1 aliphatic carbocycles.